The zero-order valence-corrected chi connectivity index (χ0v) is 9.55. The quantitative estimate of drug-likeness (QED) is 0.788. The van der Waals surface area contributed by atoms with Gasteiger partial charge in [0.2, 0.25) is 11.8 Å². The number of nitrogens with one attached hydrogen (secondary N) is 2. The Balaban J connectivity index is 2.63. The summed E-state index contributed by atoms with van der Waals surface area (Å²) in [5.41, 5.74) is 0.127. The number of hydrogen-bond donors (Lipinski definition) is 2. The van der Waals surface area contributed by atoms with Crippen molar-refractivity contribution < 1.29 is 9.32 Å². The first-order valence-electron chi connectivity index (χ1n) is 4.95. The van der Waals surface area contributed by atoms with E-state index in [4.69, 9.17) is 4.52 Å². The summed E-state index contributed by atoms with van der Waals surface area (Å²) in [7, 11) is 0. The Labute approximate surface area is 89.2 Å². The molecule has 0 saturated heterocycles. The lowest BCUT2D eigenvalue weighted by Gasteiger charge is -2.23. The first-order chi connectivity index (χ1) is 6.95. The minimum Gasteiger partial charge on any atom is -0.338 e. The summed E-state index contributed by atoms with van der Waals surface area (Å²) in [6.45, 7) is 8.11. The van der Waals surface area contributed by atoms with Crippen molar-refractivity contribution in [1.29, 1.82) is 0 Å². The number of carbonyl (C=O) groups excluding carboxylic acids is 1. The highest BCUT2D eigenvalue weighted by atomic mass is 16.5. The van der Waals surface area contributed by atoms with Crippen LogP contribution < -0.4 is 10.6 Å². The first kappa shape index (κ1) is 11.7. The summed E-state index contributed by atoms with van der Waals surface area (Å²) in [4.78, 5) is 11.8. The minimum atomic E-state index is -0.616. The highest BCUT2D eigenvalue weighted by molar-refractivity contribution is 5.96. The van der Waals surface area contributed by atoms with Crippen LogP contribution in [-0.2, 0) is 4.79 Å². The summed E-state index contributed by atoms with van der Waals surface area (Å²) < 4.78 is 4.90. The summed E-state index contributed by atoms with van der Waals surface area (Å²) in [5, 5.41) is 9.42. The van der Waals surface area contributed by atoms with Gasteiger partial charge in [0.25, 0.3) is 0 Å². The monoisotopic (exact) mass is 211 g/mol. The lowest BCUT2D eigenvalue weighted by Crippen LogP contribution is -2.49. The third-order valence-corrected chi connectivity index (χ3v) is 2.05. The highest BCUT2D eigenvalue weighted by Gasteiger charge is 2.26. The lowest BCUT2D eigenvalue weighted by molar-refractivity contribution is -0.121. The molecule has 0 radical (unpaired) electrons. The average molecular weight is 211 g/mol. The van der Waals surface area contributed by atoms with Gasteiger partial charge in [0, 0.05) is 6.07 Å². The van der Waals surface area contributed by atoms with E-state index in [2.05, 4.69) is 15.8 Å². The van der Waals surface area contributed by atoms with Gasteiger partial charge >= 0.3 is 0 Å². The van der Waals surface area contributed by atoms with E-state index in [1.54, 1.807) is 13.0 Å². The lowest BCUT2D eigenvalue weighted by atomic mass is 10.1. The molecule has 0 fully saturated rings. The fraction of sp³-hybridized carbons (Fsp3) is 0.600. The Hall–Kier alpha value is -1.36. The fourth-order valence-electron chi connectivity index (χ4n) is 1.21. The van der Waals surface area contributed by atoms with Crippen molar-refractivity contribution in [3.63, 3.8) is 0 Å². The van der Waals surface area contributed by atoms with Gasteiger partial charge in [-0.3, -0.25) is 10.1 Å². The van der Waals surface area contributed by atoms with E-state index in [0.29, 0.717) is 5.88 Å². The van der Waals surface area contributed by atoms with Gasteiger partial charge in [0.1, 0.15) is 0 Å². The Bertz CT molecular complexity index is 344. The van der Waals surface area contributed by atoms with Crippen LogP contribution in [0.5, 0.6) is 0 Å². The van der Waals surface area contributed by atoms with Gasteiger partial charge in [0.15, 0.2) is 0 Å². The van der Waals surface area contributed by atoms with E-state index in [1.165, 1.54) is 0 Å². The van der Waals surface area contributed by atoms with Crippen LogP contribution in [0.1, 0.15) is 26.5 Å². The number of hydrogen-bond acceptors (Lipinski definition) is 4. The Morgan fingerprint density at radius 2 is 2.27 bits per heavy atom. The molecule has 5 heteroatoms. The Morgan fingerprint density at radius 1 is 1.60 bits per heavy atom. The van der Waals surface area contributed by atoms with Gasteiger partial charge in [-0.15, -0.1) is 0 Å². The highest BCUT2D eigenvalue weighted by Crippen LogP contribution is 2.11. The van der Waals surface area contributed by atoms with Crippen LogP contribution in [0.15, 0.2) is 10.6 Å². The van der Waals surface area contributed by atoms with Crippen molar-refractivity contribution in [2.45, 2.75) is 33.2 Å². The largest absolute Gasteiger partial charge is 0.338 e. The second kappa shape index (κ2) is 4.44. The summed E-state index contributed by atoms with van der Waals surface area (Å²) in [6, 6.07) is 1.68. The van der Waals surface area contributed by atoms with Crippen molar-refractivity contribution in [3.05, 3.63) is 11.8 Å². The maximum atomic E-state index is 11.8. The second-order valence-corrected chi connectivity index (χ2v) is 3.94. The molecule has 0 aliphatic rings. The predicted molar refractivity (Wildman–Crippen MR) is 57.6 cm³/mol. The molecule has 1 aromatic rings. The van der Waals surface area contributed by atoms with Crippen LogP contribution in [0, 0.1) is 6.92 Å². The normalized spacial score (nSPS) is 11.5. The zero-order valence-electron chi connectivity index (χ0n) is 9.55. The van der Waals surface area contributed by atoms with Crippen molar-refractivity contribution in [1.82, 2.24) is 10.5 Å². The number of amides is 1. The molecule has 0 spiro atoms. The number of likely N-dealkylation sites (N-methyl/N-ethyl adjacent to an activating group) is 1. The Kier molecular flexibility index (Phi) is 3.47. The number of aromatic nitrogens is 1. The third kappa shape index (κ3) is 3.06. The smallest absolute Gasteiger partial charge is 0.246 e. The van der Waals surface area contributed by atoms with Crippen molar-refractivity contribution in [3.8, 4) is 0 Å². The topological polar surface area (TPSA) is 67.2 Å². The third-order valence-electron chi connectivity index (χ3n) is 2.05. The first-order valence-corrected chi connectivity index (χ1v) is 4.95. The molecule has 1 aromatic heterocycles. The number of carbonyl (C=O) groups is 1. The summed E-state index contributed by atoms with van der Waals surface area (Å²) in [6.07, 6.45) is 0. The molecule has 84 valence electrons. The molecule has 0 saturated carbocycles. The maximum Gasteiger partial charge on any atom is 0.246 e. The molecule has 0 bridgehead atoms. The van der Waals surface area contributed by atoms with Gasteiger partial charge in [-0.2, -0.15) is 0 Å². The van der Waals surface area contributed by atoms with E-state index in [-0.39, 0.29) is 5.91 Å². The molecule has 15 heavy (non-hydrogen) atoms. The summed E-state index contributed by atoms with van der Waals surface area (Å²) >= 11 is 0. The van der Waals surface area contributed by atoms with E-state index >= 15 is 0 Å². The van der Waals surface area contributed by atoms with Gasteiger partial charge in [0.05, 0.1) is 11.2 Å². The van der Waals surface area contributed by atoms with Crippen LogP contribution in [-0.4, -0.2) is 23.1 Å². The maximum absolute atomic E-state index is 11.8. The zero-order chi connectivity index (χ0) is 11.5. The van der Waals surface area contributed by atoms with Crippen molar-refractivity contribution in [2.75, 3.05) is 11.9 Å². The molecule has 5 nitrogen and oxygen atoms in total. The molecule has 0 aliphatic heterocycles. The number of rotatable bonds is 4. The van der Waals surface area contributed by atoms with E-state index in [9.17, 15) is 4.79 Å². The van der Waals surface area contributed by atoms with Gasteiger partial charge in [-0.05, 0) is 27.3 Å². The van der Waals surface area contributed by atoms with Crippen molar-refractivity contribution >= 4 is 11.8 Å². The average Bonchev–Trinajstić information content (AvgIpc) is 2.51. The fourth-order valence-corrected chi connectivity index (χ4v) is 1.21. The van der Waals surface area contributed by atoms with Gasteiger partial charge in [-0.1, -0.05) is 12.1 Å². The molecule has 0 aliphatic carbocycles. The summed E-state index contributed by atoms with van der Waals surface area (Å²) in [5.74, 6) is 0.240. The Morgan fingerprint density at radius 3 is 2.73 bits per heavy atom. The molecule has 1 rings (SSSR count). The van der Waals surface area contributed by atoms with E-state index in [1.807, 2.05) is 20.8 Å². The van der Waals surface area contributed by atoms with E-state index < -0.39 is 5.54 Å². The molecule has 0 atom stereocenters. The van der Waals surface area contributed by atoms with Gasteiger partial charge in [-0.25, -0.2) is 0 Å². The SMILES string of the molecule is CCNC(C)(C)C(=O)Nc1cc(C)no1. The molecule has 1 heterocycles. The van der Waals surface area contributed by atoms with Crippen LogP contribution >= 0.6 is 0 Å². The molecule has 0 unspecified atom stereocenters. The molecule has 0 aromatic carbocycles. The minimum absolute atomic E-state index is 0.138. The molecule has 1 amide bonds. The number of anilines is 1. The molecule has 2 N–H and O–H groups in total. The van der Waals surface area contributed by atoms with Crippen LogP contribution in [0.25, 0.3) is 0 Å². The second-order valence-electron chi connectivity index (χ2n) is 3.94. The van der Waals surface area contributed by atoms with Crippen molar-refractivity contribution in [2.24, 2.45) is 0 Å². The van der Waals surface area contributed by atoms with Gasteiger partial charge < -0.3 is 9.84 Å². The van der Waals surface area contributed by atoms with Crippen LogP contribution in [0.2, 0.25) is 0 Å². The number of nitrogens with zero attached hydrogens (tertiary/aromatic N) is 1. The van der Waals surface area contributed by atoms with Crippen LogP contribution in [0.4, 0.5) is 5.88 Å². The molecular weight excluding hydrogens is 194 g/mol. The standard InChI is InChI=1S/C10H17N3O2/c1-5-11-10(3,4)9(14)12-8-6-7(2)13-15-8/h6,11H,5H2,1-4H3,(H,12,14). The van der Waals surface area contributed by atoms with Crippen LogP contribution in [0.3, 0.4) is 0 Å². The van der Waals surface area contributed by atoms with E-state index in [0.717, 1.165) is 12.2 Å². The molecular formula is C10H17N3O2. The number of aryl methyl sites for hydroxylation is 1. The predicted octanol–water partition coefficient (Wildman–Crippen LogP) is 1.31.